The zero-order chi connectivity index (χ0) is 17.0. The topological polar surface area (TPSA) is 116 Å². The van der Waals surface area contributed by atoms with E-state index >= 15 is 0 Å². The van der Waals surface area contributed by atoms with Crippen molar-refractivity contribution in [3.8, 4) is 0 Å². The van der Waals surface area contributed by atoms with E-state index in [-0.39, 0.29) is 12.5 Å². The fraction of sp³-hybridized carbons (Fsp3) is 0.714. The molecule has 0 unspecified atom stereocenters. The van der Waals surface area contributed by atoms with Gasteiger partial charge in [-0.15, -0.1) is 0 Å². The Balaban J connectivity index is 1.92. The zero-order valence-corrected chi connectivity index (χ0v) is 13.0. The smallest absolute Gasteiger partial charge is 0.325 e. The van der Waals surface area contributed by atoms with Crippen LogP contribution in [0.1, 0.15) is 19.3 Å². The highest BCUT2D eigenvalue weighted by atomic mass is 16.5. The summed E-state index contributed by atoms with van der Waals surface area (Å²) in [5.41, 5.74) is 0. The Hall–Kier alpha value is -2.16. The summed E-state index contributed by atoms with van der Waals surface area (Å²) in [5.74, 6) is -1.74. The van der Waals surface area contributed by atoms with Crippen LogP contribution in [-0.4, -0.2) is 84.0 Å². The molecule has 0 aromatic rings. The third-order valence-corrected chi connectivity index (χ3v) is 4.17. The highest BCUT2D eigenvalue weighted by Gasteiger charge is 2.38. The average molecular weight is 327 g/mol. The van der Waals surface area contributed by atoms with Gasteiger partial charge in [0, 0.05) is 13.1 Å². The van der Waals surface area contributed by atoms with Gasteiger partial charge in [-0.25, -0.2) is 0 Å². The van der Waals surface area contributed by atoms with Crippen LogP contribution < -0.4 is 5.32 Å². The lowest BCUT2D eigenvalue weighted by Gasteiger charge is -2.24. The molecule has 0 aromatic heterocycles. The van der Waals surface area contributed by atoms with Gasteiger partial charge in [0.15, 0.2) is 0 Å². The van der Waals surface area contributed by atoms with Crippen molar-refractivity contribution in [2.24, 2.45) is 0 Å². The first kappa shape index (κ1) is 17.2. The van der Waals surface area contributed by atoms with Crippen molar-refractivity contribution >= 4 is 23.7 Å². The maximum absolute atomic E-state index is 12.3. The van der Waals surface area contributed by atoms with E-state index in [1.807, 2.05) is 0 Å². The summed E-state index contributed by atoms with van der Waals surface area (Å²) in [4.78, 5) is 50.0. The number of rotatable bonds is 5. The third-order valence-electron chi connectivity index (χ3n) is 4.17. The number of ether oxygens (including phenoxy) is 1. The highest BCUT2D eigenvalue weighted by molar-refractivity contribution is 5.94. The molecule has 2 aliphatic heterocycles. The quantitative estimate of drug-likeness (QED) is 0.557. The second-order valence-corrected chi connectivity index (χ2v) is 5.59. The van der Waals surface area contributed by atoms with Crippen molar-refractivity contribution < 1.29 is 29.0 Å². The van der Waals surface area contributed by atoms with Crippen LogP contribution in [0.3, 0.4) is 0 Å². The molecule has 2 N–H and O–H groups in total. The van der Waals surface area contributed by atoms with Crippen molar-refractivity contribution in [2.75, 3.05) is 33.4 Å². The molecule has 9 nitrogen and oxygen atoms in total. The molecule has 3 amide bonds. The number of amides is 3. The Kier molecular flexibility index (Phi) is 5.54. The Morgan fingerprint density at radius 1 is 1.30 bits per heavy atom. The van der Waals surface area contributed by atoms with Gasteiger partial charge in [0.1, 0.15) is 25.2 Å². The molecular formula is C14H21N3O6. The average Bonchev–Trinajstić information content (AvgIpc) is 3.16. The first-order chi connectivity index (χ1) is 11.0. The van der Waals surface area contributed by atoms with Crippen LogP contribution in [0.4, 0.5) is 0 Å². The van der Waals surface area contributed by atoms with Gasteiger partial charge < -0.3 is 25.0 Å². The molecule has 0 aromatic carbocycles. The maximum atomic E-state index is 12.3. The summed E-state index contributed by atoms with van der Waals surface area (Å²) in [6.07, 6.45) is 1.59. The molecule has 2 rings (SSSR count). The molecule has 0 bridgehead atoms. The monoisotopic (exact) mass is 327 g/mol. The number of aliphatic hydroxyl groups excluding tert-OH is 1. The minimum Gasteiger partial charge on any atom is -0.468 e. The largest absolute Gasteiger partial charge is 0.468 e. The highest BCUT2D eigenvalue weighted by Crippen LogP contribution is 2.19. The molecule has 128 valence electrons. The van der Waals surface area contributed by atoms with Crippen molar-refractivity contribution in [3.63, 3.8) is 0 Å². The van der Waals surface area contributed by atoms with E-state index in [4.69, 9.17) is 5.11 Å². The van der Waals surface area contributed by atoms with Crippen LogP contribution in [0.5, 0.6) is 0 Å². The first-order valence-electron chi connectivity index (χ1n) is 7.54. The third kappa shape index (κ3) is 3.79. The molecule has 2 atom stereocenters. The van der Waals surface area contributed by atoms with E-state index in [1.165, 1.54) is 16.9 Å². The lowest BCUT2D eigenvalue weighted by Crippen LogP contribution is -2.51. The number of nitrogens with one attached hydrogen (secondary N) is 1. The van der Waals surface area contributed by atoms with Crippen LogP contribution in [0.15, 0.2) is 0 Å². The number of carbonyl (C=O) groups is 4. The van der Waals surface area contributed by atoms with Crippen molar-refractivity contribution in [1.29, 1.82) is 0 Å². The minimum atomic E-state index is -0.696. The lowest BCUT2D eigenvalue weighted by atomic mass is 10.1. The molecule has 0 spiro atoms. The number of hydrogen-bond acceptors (Lipinski definition) is 6. The number of carbonyl (C=O) groups excluding carboxylic acids is 4. The molecule has 23 heavy (non-hydrogen) atoms. The van der Waals surface area contributed by atoms with Gasteiger partial charge in [-0.05, 0) is 19.3 Å². The number of aliphatic hydroxyl groups is 1. The fourth-order valence-electron chi connectivity index (χ4n) is 2.95. The van der Waals surface area contributed by atoms with E-state index in [0.717, 1.165) is 0 Å². The molecule has 2 saturated heterocycles. The van der Waals surface area contributed by atoms with Crippen LogP contribution >= 0.6 is 0 Å². The predicted molar refractivity (Wildman–Crippen MR) is 77.0 cm³/mol. The van der Waals surface area contributed by atoms with Gasteiger partial charge in [-0.1, -0.05) is 0 Å². The van der Waals surface area contributed by atoms with Crippen molar-refractivity contribution in [3.05, 3.63) is 0 Å². The normalized spacial score (nSPS) is 24.0. The van der Waals surface area contributed by atoms with E-state index in [0.29, 0.717) is 32.4 Å². The maximum Gasteiger partial charge on any atom is 0.325 e. The molecule has 9 heteroatoms. The molecule has 2 fully saturated rings. The van der Waals surface area contributed by atoms with Crippen LogP contribution in [0.25, 0.3) is 0 Å². The summed E-state index contributed by atoms with van der Waals surface area (Å²) in [7, 11) is 1.25. The van der Waals surface area contributed by atoms with Gasteiger partial charge in [0.05, 0.1) is 7.11 Å². The second-order valence-electron chi connectivity index (χ2n) is 5.59. The summed E-state index contributed by atoms with van der Waals surface area (Å²) in [6, 6.07) is -1.35. The van der Waals surface area contributed by atoms with E-state index in [9.17, 15) is 19.2 Å². The predicted octanol–water partition coefficient (Wildman–Crippen LogP) is -2.14. The number of likely N-dealkylation sites (tertiary alicyclic amines) is 2. The number of methoxy groups -OCH3 is 1. The Morgan fingerprint density at radius 3 is 2.70 bits per heavy atom. The summed E-state index contributed by atoms with van der Waals surface area (Å²) < 4.78 is 4.52. The van der Waals surface area contributed by atoms with Gasteiger partial charge in [-0.2, -0.15) is 0 Å². The SMILES string of the molecule is COC(=O)CN1CC[C@@H](NC(=O)[C@@H]2CCCN2C(=O)CO)C1=O. The van der Waals surface area contributed by atoms with Crippen LogP contribution in [0, 0.1) is 0 Å². The second kappa shape index (κ2) is 7.40. The fourth-order valence-corrected chi connectivity index (χ4v) is 2.95. The summed E-state index contributed by atoms with van der Waals surface area (Å²) in [6.45, 7) is 0.00664. The molecular weight excluding hydrogens is 306 g/mol. The number of nitrogens with zero attached hydrogens (tertiary/aromatic N) is 2. The zero-order valence-electron chi connectivity index (χ0n) is 13.0. The molecule has 2 heterocycles. The van der Waals surface area contributed by atoms with E-state index in [1.54, 1.807) is 0 Å². The number of esters is 1. The molecule has 0 radical (unpaired) electrons. The van der Waals surface area contributed by atoms with Gasteiger partial charge >= 0.3 is 5.97 Å². The summed E-state index contributed by atoms with van der Waals surface area (Å²) >= 11 is 0. The first-order valence-corrected chi connectivity index (χ1v) is 7.54. The van der Waals surface area contributed by atoms with Crippen LogP contribution in [-0.2, 0) is 23.9 Å². The summed E-state index contributed by atoms with van der Waals surface area (Å²) in [5, 5.41) is 11.6. The van der Waals surface area contributed by atoms with Crippen molar-refractivity contribution in [2.45, 2.75) is 31.3 Å². The molecule has 2 aliphatic rings. The Labute approximate surface area is 133 Å². The van der Waals surface area contributed by atoms with Crippen molar-refractivity contribution in [1.82, 2.24) is 15.1 Å². The van der Waals surface area contributed by atoms with Gasteiger partial charge in [0.2, 0.25) is 17.7 Å². The Bertz CT molecular complexity index is 509. The van der Waals surface area contributed by atoms with E-state index in [2.05, 4.69) is 10.1 Å². The van der Waals surface area contributed by atoms with E-state index < -0.39 is 36.5 Å². The number of hydrogen-bond donors (Lipinski definition) is 2. The molecule has 0 saturated carbocycles. The Morgan fingerprint density at radius 2 is 2.04 bits per heavy atom. The van der Waals surface area contributed by atoms with Gasteiger partial charge in [0.25, 0.3) is 0 Å². The molecule has 0 aliphatic carbocycles. The van der Waals surface area contributed by atoms with Gasteiger partial charge in [-0.3, -0.25) is 19.2 Å². The van der Waals surface area contributed by atoms with Crippen LogP contribution in [0.2, 0.25) is 0 Å². The lowest BCUT2D eigenvalue weighted by molar-refractivity contribution is -0.146. The standard InChI is InChI=1S/C14H21N3O6/c1-23-12(20)7-16-6-4-9(14(16)22)15-13(21)10-3-2-5-17(10)11(19)8-18/h9-10,18H,2-8H2,1H3,(H,15,21)/t9-,10+/m1/s1. The minimum absolute atomic E-state index is 0.139.